The summed E-state index contributed by atoms with van der Waals surface area (Å²) in [6.07, 6.45) is 3.10. The highest BCUT2D eigenvalue weighted by molar-refractivity contribution is 5.77. The van der Waals surface area contributed by atoms with Crippen LogP contribution in [0.25, 0.3) is 0 Å². The van der Waals surface area contributed by atoms with Crippen LogP contribution in [0.3, 0.4) is 0 Å². The van der Waals surface area contributed by atoms with Gasteiger partial charge in [0, 0.05) is 25.2 Å². The Balaban J connectivity index is 2.58. The van der Waals surface area contributed by atoms with E-state index in [0.29, 0.717) is 0 Å². The van der Waals surface area contributed by atoms with Crippen molar-refractivity contribution in [2.45, 2.75) is 32.6 Å². The van der Waals surface area contributed by atoms with Crippen molar-refractivity contribution in [1.29, 1.82) is 0 Å². The number of hydrogen-bond donors (Lipinski definition) is 2. The fourth-order valence-corrected chi connectivity index (χ4v) is 2.08. The van der Waals surface area contributed by atoms with Gasteiger partial charge in [-0.05, 0) is 12.0 Å². The molecule has 0 saturated heterocycles. The Kier molecular flexibility index (Phi) is 2.33. The van der Waals surface area contributed by atoms with Gasteiger partial charge in [0.1, 0.15) is 0 Å². The van der Waals surface area contributed by atoms with Crippen LogP contribution in [0.15, 0.2) is 6.20 Å². The zero-order valence-corrected chi connectivity index (χ0v) is 9.94. The molecule has 0 amide bonds. The summed E-state index contributed by atoms with van der Waals surface area (Å²) in [5.41, 5.74) is 4.96. The van der Waals surface area contributed by atoms with E-state index in [1.165, 1.54) is 11.3 Å². The highest BCUT2D eigenvalue weighted by atomic mass is 15.0. The minimum Gasteiger partial charge on any atom is -0.385 e. The average molecular weight is 205 g/mol. The number of pyridine rings is 1. The average Bonchev–Trinajstić information content (AvgIpc) is 2.61. The van der Waals surface area contributed by atoms with Crippen LogP contribution in [0.4, 0.5) is 11.4 Å². The highest BCUT2D eigenvalue weighted by Crippen LogP contribution is 2.37. The third-order valence-electron chi connectivity index (χ3n) is 2.81. The molecule has 0 spiro atoms. The van der Waals surface area contributed by atoms with Crippen LogP contribution < -0.4 is 10.6 Å². The lowest BCUT2D eigenvalue weighted by atomic mass is 9.89. The molecule has 15 heavy (non-hydrogen) atoms. The largest absolute Gasteiger partial charge is 0.385 e. The van der Waals surface area contributed by atoms with E-state index in [-0.39, 0.29) is 5.41 Å². The van der Waals surface area contributed by atoms with Gasteiger partial charge in [0.2, 0.25) is 0 Å². The Morgan fingerprint density at radius 3 is 2.73 bits per heavy atom. The van der Waals surface area contributed by atoms with Gasteiger partial charge < -0.3 is 10.6 Å². The summed E-state index contributed by atoms with van der Waals surface area (Å²) in [6.45, 7) is 7.60. The Morgan fingerprint density at radius 2 is 2.13 bits per heavy atom. The lowest BCUT2D eigenvalue weighted by molar-refractivity contribution is 0.571. The van der Waals surface area contributed by atoms with Crippen molar-refractivity contribution in [3.63, 3.8) is 0 Å². The molecule has 1 aromatic heterocycles. The van der Waals surface area contributed by atoms with Crippen molar-refractivity contribution >= 4 is 11.4 Å². The van der Waals surface area contributed by atoms with Crippen molar-refractivity contribution < 1.29 is 0 Å². The van der Waals surface area contributed by atoms with Gasteiger partial charge in [-0.2, -0.15) is 0 Å². The van der Waals surface area contributed by atoms with E-state index in [2.05, 4.69) is 36.4 Å². The molecule has 0 aliphatic carbocycles. The van der Waals surface area contributed by atoms with Crippen LogP contribution >= 0.6 is 0 Å². The zero-order valence-electron chi connectivity index (χ0n) is 9.94. The molecule has 0 fully saturated rings. The lowest BCUT2D eigenvalue weighted by Gasteiger charge is -2.23. The molecule has 3 heteroatoms. The molecule has 0 atom stereocenters. The molecule has 2 heterocycles. The van der Waals surface area contributed by atoms with Gasteiger partial charge in [-0.25, -0.2) is 0 Å². The molecule has 0 saturated carbocycles. The predicted octanol–water partition coefficient (Wildman–Crippen LogP) is 2.39. The highest BCUT2D eigenvalue weighted by Gasteiger charge is 2.24. The molecule has 0 unspecified atom stereocenters. The Labute approximate surface area is 91.3 Å². The van der Waals surface area contributed by atoms with Crippen molar-refractivity contribution in [3.05, 3.63) is 17.5 Å². The summed E-state index contributed by atoms with van der Waals surface area (Å²) in [6, 6.07) is 0. The van der Waals surface area contributed by atoms with Crippen molar-refractivity contribution in [1.82, 2.24) is 4.98 Å². The van der Waals surface area contributed by atoms with Gasteiger partial charge >= 0.3 is 0 Å². The predicted molar refractivity (Wildman–Crippen MR) is 64.7 cm³/mol. The van der Waals surface area contributed by atoms with Gasteiger partial charge in [0.15, 0.2) is 0 Å². The third kappa shape index (κ3) is 1.66. The van der Waals surface area contributed by atoms with Gasteiger partial charge in [-0.1, -0.05) is 20.8 Å². The fraction of sp³-hybridized carbons (Fsp3) is 0.583. The normalized spacial score (nSPS) is 14.7. The fourth-order valence-electron chi connectivity index (χ4n) is 2.08. The molecule has 0 radical (unpaired) electrons. The quantitative estimate of drug-likeness (QED) is 0.739. The second-order valence-electron chi connectivity index (χ2n) is 5.06. The maximum atomic E-state index is 4.59. The number of nitrogens with zero attached hydrogens (tertiary/aromatic N) is 1. The van der Waals surface area contributed by atoms with E-state index in [4.69, 9.17) is 0 Å². The van der Waals surface area contributed by atoms with E-state index in [9.17, 15) is 0 Å². The van der Waals surface area contributed by atoms with Crippen LogP contribution in [0.2, 0.25) is 0 Å². The van der Waals surface area contributed by atoms with Crippen LogP contribution in [-0.4, -0.2) is 18.6 Å². The second kappa shape index (κ2) is 3.40. The van der Waals surface area contributed by atoms with Crippen LogP contribution in [0.1, 0.15) is 32.0 Å². The molecule has 1 aliphatic rings. The molecule has 0 aromatic carbocycles. The van der Waals surface area contributed by atoms with Crippen molar-refractivity contribution in [2.75, 3.05) is 24.2 Å². The molecule has 3 nitrogen and oxygen atoms in total. The van der Waals surface area contributed by atoms with Gasteiger partial charge in [0.25, 0.3) is 0 Å². The number of anilines is 2. The van der Waals surface area contributed by atoms with E-state index >= 15 is 0 Å². The van der Waals surface area contributed by atoms with Gasteiger partial charge in [0.05, 0.1) is 17.1 Å². The Morgan fingerprint density at radius 1 is 1.40 bits per heavy atom. The first-order valence-corrected chi connectivity index (χ1v) is 5.48. The van der Waals surface area contributed by atoms with Crippen molar-refractivity contribution in [2.24, 2.45) is 0 Å². The molecule has 0 bridgehead atoms. The van der Waals surface area contributed by atoms with Crippen LogP contribution in [-0.2, 0) is 11.8 Å². The molecule has 2 rings (SSSR count). The maximum absolute atomic E-state index is 4.59. The summed E-state index contributed by atoms with van der Waals surface area (Å²) >= 11 is 0. The Bertz CT molecular complexity index is 377. The first kappa shape index (κ1) is 10.3. The van der Waals surface area contributed by atoms with Gasteiger partial charge in [-0.3, -0.25) is 4.98 Å². The Hall–Kier alpha value is -1.25. The SMILES string of the molecule is CNc1c(C(C)(C)C)ncc2c1NCC2. The number of nitrogens with one attached hydrogen (secondary N) is 2. The summed E-state index contributed by atoms with van der Waals surface area (Å²) in [5, 5.41) is 6.71. The number of hydrogen-bond acceptors (Lipinski definition) is 3. The summed E-state index contributed by atoms with van der Waals surface area (Å²) in [7, 11) is 1.96. The van der Waals surface area contributed by atoms with E-state index in [0.717, 1.165) is 24.3 Å². The molecular formula is C12H19N3. The standard InChI is InChI=1S/C12H19N3/c1-12(2,3)11-10(13-4)9-8(7-15-11)5-6-14-9/h7,13-14H,5-6H2,1-4H3. The number of rotatable bonds is 1. The topological polar surface area (TPSA) is 37.0 Å². The van der Waals surface area contributed by atoms with E-state index in [1.54, 1.807) is 0 Å². The zero-order chi connectivity index (χ0) is 11.1. The van der Waals surface area contributed by atoms with Gasteiger partial charge in [-0.15, -0.1) is 0 Å². The summed E-state index contributed by atoms with van der Waals surface area (Å²) in [5.74, 6) is 0. The van der Waals surface area contributed by atoms with Crippen LogP contribution in [0.5, 0.6) is 0 Å². The molecule has 82 valence electrons. The maximum Gasteiger partial charge on any atom is 0.0800 e. The number of aromatic nitrogens is 1. The minimum atomic E-state index is 0.0810. The summed E-state index contributed by atoms with van der Waals surface area (Å²) < 4.78 is 0. The minimum absolute atomic E-state index is 0.0810. The molecule has 1 aliphatic heterocycles. The lowest BCUT2D eigenvalue weighted by Crippen LogP contribution is -2.17. The molecule has 1 aromatic rings. The van der Waals surface area contributed by atoms with Crippen LogP contribution in [0, 0.1) is 0 Å². The third-order valence-corrected chi connectivity index (χ3v) is 2.81. The monoisotopic (exact) mass is 205 g/mol. The first-order valence-electron chi connectivity index (χ1n) is 5.48. The number of fused-ring (bicyclic) bond motifs is 1. The smallest absolute Gasteiger partial charge is 0.0800 e. The molecule has 2 N–H and O–H groups in total. The van der Waals surface area contributed by atoms with E-state index < -0.39 is 0 Å². The summed E-state index contributed by atoms with van der Waals surface area (Å²) in [4.78, 5) is 4.59. The van der Waals surface area contributed by atoms with Crippen molar-refractivity contribution in [3.8, 4) is 0 Å². The first-order chi connectivity index (χ1) is 7.04. The van der Waals surface area contributed by atoms with E-state index in [1.807, 2.05) is 13.2 Å². The molecular weight excluding hydrogens is 186 g/mol. The second-order valence-corrected chi connectivity index (χ2v) is 5.06.